The van der Waals surface area contributed by atoms with E-state index in [-0.39, 0.29) is 48.2 Å². The molecule has 0 radical (unpaired) electrons. The molecule has 4 fully saturated rings. The zero-order valence-electron chi connectivity index (χ0n) is 41.2. The lowest BCUT2D eigenvalue weighted by Gasteiger charge is -2.26. The monoisotopic (exact) mass is 1020 g/mol. The third-order valence-corrected chi connectivity index (χ3v) is 14.8. The maximum Gasteiger partial charge on any atom is 0.291 e. The summed E-state index contributed by atoms with van der Waals surface area (Å²) in [7, 11) is 3.39. The highest BCUT2D eigenvalue weighted by Crippen LogP contribution is 2.30. The summed E-state index contributed by atoms with van der Waals surface area (Å²) in [6, 6.07) is 16.2. The lowest BCUT2D eigenvalue weighted by atomic mass is 10.2. The van der Waals surface area contributed by atoms with Crippen LogP contribution in [0.3, 0.4) is 0 Å². The van der Waals surface area contributed by atoms with Crippen molar-refractivity contribution in [3.63, 3.8) is 0 Å². The normalized spacial score (nSPS) is 23.4. The number of likely N-dealkylation sites (N-methyl/N-ethyl adjacent to an activating group) is 2. The Bertz CT molecular complexity index is 2850. The summed E-state index contributed by atoms with van der Waals surface area (Å²) in [5, 5.41) is 23.3. The molecule has 4 amide bonds. The molecule has 6 aromatic rings. The Morgan fingerprint density at radius 2 is 1.07 bits per heavy atom. The van der Waals surface area contributed by atoms with E-state index in [1.165, 1.54) is 34.2 Å². The van der Waals surface area contributed by atoms with Gasteiger partial charge in [0.2, 0.25) is 11.6 Å². The van der Waals surface area contributed by atoms with E-state index in [0.717, 1.165) is 88.1 Å². The minimum absolute atomic E-state index is 0.0722. The zero-order valence-corrected chi connectivity index (χ0v) is 41.2. The molecule has 10 heterocycles. The highest BCUT2D eigenvalue weighted by atomic mass is 19.1. The van der Waals surface area contributed by atoms with Crippen LogP contribution in [0.4, 0.5) is 20.4 Å². The maximum absolute atomic E-state index is 13.9. The molecule has 4 aromatic heterocycles. The fourth-order valence-electron chi connectivity index (χ4n) is 10.8. The van der Waals surface area contributed by atoms with Crippen molar-refractivity contribution in [1.82, 2.24) is 69.5 Å². The minimum Gasteiger partial charge on any atom is -0.375 e. The Kier molecular flexibility index (Phi) is 13.8. The van der Waals surface area contributed by atoms with Crippen LogP contribution in [0.2, 0.25) is 0 Å². The summed E-state index contributed by atoms with van der Waals surface area (Å²) in [4.78, 5) is 68.1. The van der Waals surface area contributed by atoms with Crippen LogP contribution in [0.15, 0.2) is 73.3 Å². The number of amides is 4. The van der Waals surface area contributed by atoms with E-state index < -0.39 is 23.9 Å². The molecule has 6 atom stereocenters. The molecule has 4 saturated heterocycles. The number of benzene rings is 2. The van der Waals surface area contributed by atoms with E-state index in [9.17, 15) is 28.0 Å². The van der Waals surface area contributed by atoms with Crippen LogP contribution in [-0.2, 0) is 58.1 Å². The van der Waals surface area contributed by atoms with Crippen molar-refractivity contribution >= 4 is 35.3 Å². The molecule has 24 heteroatoms. The first kappa shape index (κ1) is 49.0. The Hall–Kier alpha value is -7.28. The quantitative estimate of drug-likeness (QED) is 0.159. The number of hydrogen-bond acceptors (Lipinski definition) is 14. The SMILES string of the molecule is CN1C(=O)[C@@H](NC(=O)c2ncn(Cc3ccccc3F)n2)CCn2nc(CCN3CC4CC3CO4)cc21.CN1C(=O)[C@H](NC(=O)c2ncn(Cc3ccccc3F)n2)CCn2nc(CCN3CC4CC3CO4)cc21. The molecule has 0 saturated carbocycles. The number of nitrogens with zero attached hydrogens (tertiary/aromatic N) is 14. The van der Waals surface area contributed by atoms with Crippen LogP contribution in [0, 0.1) is 11.6 Å². The minimum atomic E-state index is -0.735. The van der Waals surface area contributed by atoms with Crippen LogP contribution in [-0.4, -0.2) is 172 Å². The fourth-order valence-corrected chi connectivity index (χ4v) is 10.8. The van der Waals surface area contributed by atoms with Gasteiger partial charge in [-0.15, -0.1) is 10.2 Å². The van der Waals surface area contributed by atoms with Gasteiger partial charge < -0.3 is 20.1 Å². The number of carbonyl (C=O) groups is 4. The first-order valence-corrected chi connectivity index (χ1v) is 25.2. The van der Waals surface area contributed by atoms with Gasteiger partial charge in [0, 0.05) is 102 Å². The first-order valence-electron chi connectivity index (χ1n) is 25.2. The summed E-state index contributed by atoms with van der Waals surface area (Å²) in [6.45, 7) is 6.72. The number of halogens is 2. The van der Waals surface area contributed by atoms with Crippen molar-refractivity contribution in [1.29, 1.82) is 0 Å². The number of aryl methyl sites for hydroxylation is 2. The topological polar surface area (TPSA) is 221 Å². The number of morpholine rings is 2. The molecule has 2 N–H and O–H groups in total. The summed E-state index contributed by atoms with van der Waals surface area (Å²) in [5.41, 5.74) is 2.78. The van der Waals surface area contributed by atoms with Crippen molar-refractivity contribution < 1.29 is 37.4 Å². The molecule has 74 heavy (non-hydrogen) atoms. The van der Waals surface area contributed by atoms with E-state index in [0.29, 0.717) is 61.3 Å². The molecule has 22 nitrogen and oxygen atoms in total. The summed E-state index contributed by atoms with van der Waals surface area (Å²) >= 11 is 0. The summed E-state index contributed by atoms with van der Waals surface area (Å²) < 4.78 is 45.7. The lowest BCUT2D eigenvalue weighted by Crippen LogP contribution is -2.47. The van der Waals surface area contributed by atoms with Crippen LogP contribution >= 0.6 is 0 Å². The molecular formula is C50H58F2N16O6. The second-order valence-electron chi connectivity index (χ2n) is 19.8. The van der Waals surface area contributed by atoms with Crippen molar-refractivity contribution in [3.05, 3.63) is 119 Å². The molecular weight excluding hydrogens is 959 g/mol. The number of fused-ring (bicyclic) bond motifs is 6. The summed E-state index contributed by atoms with van der Waals surface area (Å²) in [5.74, 6) is -0.966. The van der Waals surface area contributed by atoms with Gasteiger partial charge in [0.1, 0.15) is 48.0 Å². The van der Waals surface area contributed by atoms with Gasteiger partial charge in [-0.1, -0.05) is 36.4 Å². The predicted molar refractivity (Wildman–Crippen MR) is 261 cm³/mol. The number of likely N-dealkylation sites (tertiary alicyclic amines) is 2. The highest BCUT2D eigenvalue weighted by Gasteiger charge is 2.40. The molecule has 4 unspecified atom stereocenters. The average molecular weight is 1020 g/mol. The number of ether oxygens (including phenoxy) is 2. The smallest absolute Gasteiger partial charge is 0.291 e. The van der Waals surface area contributed by atoms with Crippen molar-refractivity contribution in [2.75, 3.05) is 63.3 Å². The number of anilines is 2. The average Bonchev–Trinajstić information content (AvgIpc) is 4.28. The fraction of sp³-hybridized carbons (Fsp3) is 0.480. The highest BCUT2D eigenvalue weighted by molar-refractivity contribution is 6.01. The second-order valence-corrected chi connectivity index (χ2v) is 19.8. The van der Waals surface area contributed by atoms with E-state index in [4.69, 9.17) is 19.7 Å². The van der Waals surface area contributed by atoms with Gasteiger partial charge in [0.05, 0.1) is 49.9 Å². The Labute approximate surface area is 424 Å². The third kappa shape index (κ3) is 10.4. The second kappa shape index (κ2) is 20.9. The van der Waals surface area contributed by atoms with Crippen LogP contribution < -0.4 is 20.4 Å². The maximum atomic E-state index is 13.9. The Balaban J connectivity index is 0.000000159. The van der Waals surface area contributed by atoms with Gasteiger partial charge in [-0.3, -0.25) is 38.8 Å². The molecule has 0 spiro atoms. The molecule has 4 bridgehead atoms. The number of carbonyl (C=O) groups excluding carboxylic acids is 4. The van der Waals surface area contributed by atoms with Crippen molar-refractivity contribution in [2.24, 2.45) is 0 Å². The third-order valence-electron chi connectivity index (χ3n) is 14.8. The molecule has 6 aliphatic rings. The number of aromatic nitrogens is 10. The lowest BCUT2D eigenvalue weighted by molar-refractivity contribution is -0.120. The van der Waals surface area contributed by atoms with Crippen LogP contribution in [0.1, 0.15) is 69.4 Å². The van der Waals surface area contributed by atoms with Crippen LogP contribution in [0.25, 0.3) is 0 Å². The number of rotatable bonds is 14. The number of nitrogens with one attached hydrogen (secondary N) is 2. The number of hydrogen-bond donors (Lipinski definition) is 2. The Morgan fingerprint density at radius 1 is 0.635 bits per heavy atom. The first-order chi connectivity index (χ1) is 35.9. The Morgan fingerprint density at radius 3 is 1.46 bits per heavy atom. The molecule has 12 rings (SSSR count). The standard InChI is InChI=1S/2C25H29FN8O3/c2*1-31-22-10-17(6-8-32-13-19-11-18(32)14-37-19)29-34(22)9-7-21(25(31)36)28-24(35)23-27-15-33(30-23)12-16-4-2-3-5-20(16)26/h2*2-5,10,15,18-19,21H,6-9,11-14H2,1H3,(H,28,35)/t2*18?,19?,21-/m10/s1. The largest absolute Gasteiger partial charge is 0.375 e. The van der Waals surface area contributed by atoms with Gasteiger partial charge >= 0.3 is 0 Å². The van der Waals surface area contributed by atoms with Gasteiger partial charge in [0.15, 0.2) is 0 Å². The van der Waals surface area contributed by atoms with E-state index in [2.05, 4.69) is 40.6 Å². The molecule has 0 aliphatic carbocycles. The van der Waals surface area contributed by atoms with Gasteiger partial charge in [-0.05, 0) is 37.8 Å². The van der Waals surface area contributed by atoms with Crippen LogP contribution in [0.5, 0.6) is 0 Å². The van der Waals surface area contributed by atoms with E-state index in [1.54, 1.807) is 60.3 Å². The van der Waals surface area contributed by atoms with Gasteiger partial charge in [-0.25, -0.2) is 37.5 Å². The van der Waals surface area contributed by atoms with Crippen molar-refractivity contribution in [3.8, 4) is 0 Å². The zero-order chi connectivity index (χ0) is 51.0. The van der Waals surface area contributed by atoms with Gasteiger partial charge in [0.25, 0.3) is 23.6 Å². The van der Waals surface area contributed by atoms with E-state index in [1.807, 2.05) is 21.5 Å². The van der Waals surface area contributed by atoms with E-state index >= 15 is 0 Å². The van der Waals surface area contributed by atoms with Gasteiger partial charge in [-0.2, -0.15) is 10.2 Å². The predicted octanol–water partition coefficient (Wildman–Crippen LogP) is 1.69. The summed E-state index contributed by atoms with van der Waals surface area (Å²) in [6.07, 6.45) is 8.14. The molecule has 2 aromatic carbocycles. The molecule has 6 aliphatic heterocycles. The van der Waals surface area contributed by atoms with Crippen molar-refractivity contribution in [2.45, 2.75) is 101 Å². The molecule has 388 valence electrons.